The molecule has 38 heavy (non-hydrogen) atoms. The Morgan fingerprint density at radius 2 is 1.63 bits per heavy atom. The largest absolute Gasteiger partial charge is 0.497 e. The van der Waals surface area contributed by atoms with Crippen LogP contribution in [0.5, 0.6) is 11.5 Å². The Balaban J connectivity index is 1.33. The summed E-state index contributed by atoms with van der Waals surface area (Å²) < 4.78 is 10.5. The van der Waals surface area contributed by atoms with Crippen molar-refractivity contribution in [2.24, 2.45) is 10.1 Å². The molecule has 0 saturated carbocycles. The van der Waals surface area contributed by atoms with E-state index < -0.39 is 5.25 Å². The van der Waals surface area contributed by atoms with Crippen LogP contribution in [0.25, 0.3) is 0 Å². The summed E-state index contributed by atoms with van der Waals surface area (Å²) in [6, 6.07) is 22.1. The Morgan fingerprint density at radius 3 is 2.26 bits per heavy atom. The maximum Gasteiger partial charge on any atom is 0.262 e. The summed E-state index contributed by atoms with van der Waals surface area (Å²) in [4.78, 5) is 29.8. The molecule has 2 amide bonds. The topological polar surface area (TPSA) is 92.6 Å². The number of halogens is 1. The number of hydrogen-bond acceptors (Lipinski definition) is 7. The maximum absolute atomic E-state index is 12.8. The van der Waals surface area contributed by atoms with Crippen LogP contribution in [-0.2, 0) is 9.59 Å². The highest BCUT2D eigenvalue weighted by atomic mass is 35.5. The summed E-state index contributed by atoms with van der Waals surface area (Å²) in [6.45, 7) is 0. The zero-order valence-corrected chi connectivity index (χ0v) is 22.3. The van der Waals surface area contributed by atoms with Gasteiger partial charge in [0.05, 0.1) is 26.0 Å². The predicted octanol–water partition coefficient (Wildman–Crippen LogP) is 5.54. The van der Waals surface area contributed by atoms with Crippen LogP contribution < -0.4 is 14.8 Å². The number of amides is 2. The number of hydrogen-bond donors (Lipinski definition) is 1. The smallest absolute Gasteiger partial charge is 0.262 e. The van der Waals surface area contributed by atoms with Crippen molar-refractivity contribution in [3.8, 4) is 11.5 Å². The van der Waals surface area contributed by atoms with Gasteiger partial charge in [0.15, 0.2) is 5.17 Å². The van der Waals surface area contributed by atoms with Gasteiger partial charge in [0, 0.05) is 23.6 Å². The fourth-order valence-electron chi connectivity index (χ4n) is 4.25. The van der Waals surface area contributed by atoms with Gasteiger partial charge in [-0.15, -0.1) is 0 Å². The summed E-state index contributed by atoms with van der Waals surface area (Å²) in [5.74, 6) is 0.829. The van der Waals surface area contributed by atoms with Crippen LogP contribution in [-0.4, -0.2) is 47.2 Å². The van der Waals surface area contributed by atoms with Crippen molar-refractivity contribution in [1.82, 2.24) is 5.01 Å². The van der Waals surface area contributed by atoms with E-state index in [4.69, 9.17) is 26.2 Å². The van der Waals surface area contributed by atoms with Crippen molar-refractivity contribution in [2.45, 2.75) is 24.1 Å². The number of nitrogens with one attached hydrogen (secondary N) is 1. The lowest BCUT2D eigenvalue weighted by molar-refractivity contribution is -0.121. The molecule has 5 rings (SSSR count). The minimum atomic E-state index is -0.630. The number of thioether (sulfide) groups is 1. The first-order valence-electron chi connectivity index (χ1n) is 11.9. The van der Waals surface area contributed by atoms with E-state index >= 15 is 0 Å². The lowest BCUT2D eigenvalue weighted by Crippen LogP contribution is -2.25. The Bertz CT molecular complexity index is 1390. The molecule has 2 atom stereocenters. The second-order valence-electron chi connectivity index (χ2n) is 8.71. The molecule has 0 radical (unpaired) electrons. The van der Waals surface area contributed by atoms with Crippen LogP contribution in [0.2, 0.25) is 5.02 Å². The molecule has 0 spiro atoms. The summed E-state index contributed by atoms with van der Waals surface area (Å²) >= 11 is 7.34. The van der Waals surface area contributed by atoms with E-state index in [2.05, 4.69) is 10.3 Å². The van der Waals surface area contributed by atoms with Gasteiger partial charge >= 0.3 is 0 Å². The molecule has 1 N–H and O–H groups in total. The molecular formula is C28H25ClN4O4S. The monoisotopic (exact) mass is 548 g/mol. The van der Waals surface area contributed by atoms with Gasteiger partial charge in [0.1, 0.15) is 16.7 Å². The molecule has 8 nitrogen and oxygen atoms in total. The number of benzene rings is 3. The average Bonchev–Trinajstić information content (AvgIpc) is 3.53. The second-order valence-corrected chi connectivity index (χ2v) is 10.3. The van der Waals surface area contributed by atoms with Gasteiger partial charge in [-0.1, -0.05) is 47.6 Å². The molecular weight excluding hydrogens is 524 g/mol. The second kappa shape index (κ2) is 11.3. The average molecular weight is 549 g/mol. The van der Waals surface area contributed by atoms with Crippen LogP contribution in [0.3, 0.4) is 0 Å². The Labute approximate surface area is 229 Å². The molecule has 0 saturated heterocycles. The summed E-state index contributed by atoms with van der Waals surface area (Å²) in [7, 11) is 3.20. The van der Waals surface area contributed by atoms with Gasteiger partial charge in [0.2, 0.25) is 5.91 Å². The van der Waals surface area contributed by atoms with Crippen molar-refractivity contribution in [3.63, 3.8) is 0 Å². The molecule has 0 bridgehead atoms. The third-order valence-corrected chi connectivity index (χ3v) is 7.65. The van der Waals surface area contributed by atoms with E-state index in [1.54, 1.807) is 43.5 Å². The van der Waals surface area contributed by atoms with Crippen molar-refractivity contribution in [1.29, 1.82) is 0 Å². The minimum absolute atomic E-state index is 0.00265. The van der Waals surface area contributed by atoms with E-state index in [0.717, 1.165) is 22.6 Å². The highest BCUT2D eigenvalue weighted by Gasteiger charge is 2.39. The van der Waals surface area contributed by atoms with Gasteiger partial charge in [-0.3, -0.25) is 9.59 Å². The quantitative estimate of drug-likeness (QED) is 0.417. The van der Waals surface area contributed by atoms with Crippen molar-refractivity contribution >= 4 is 51.7 Å². The molecule has 3 aromatic carbocycles. The van der Waals surface area contributed by atoms with Gasteiger partial charge in [-0.25, -0.2) is 5.01 Å². The number of rotatable bonds is 7. The lowest BCUT2D eigenvalue weighted by Gasteiger charge is -2.23. The molecule has 2 aliphatic rings. The molecule has 2 aliphatic heterocycles. The third-order valence-electron chi connectivity index (χ3n) is 6.26. The number of aliphatic imine (C=N–C) groups is 1. The van der Waals surface area contributed by atoms with Gasteiger partial charge in [-0.2, -0.15) is 10.1 Å². The number of amidine groups is 1. The van der Waals surface area contributed by atoms with Gasteiger partial charge in [0.25, 0.3) is 5.91 Å². The Morgan fingerprint density at radius 1 is 1.00 bits per heavy atom. The Kier molecular flexibility index (Phi) is 7.67. The molecule has 10 heteroatoms. The molecule has 0 fully saturated rings. The first kappa shape index (κ1) is 25.8. The number of ether oxygens (including phenoxy) is 2. The number of hydrazone groups is 1. The highest BCUT2D eigenvalue weighted by Crippen LogP contribution is 2.39. The van der Waals surface area contributed by atoms with Crippen molar-refractivity contribution in [2.75, 3.05) is 19.5 Å². The molecule has 2 heterocycles. The number of nitrogens with zero attached hydrogens (tertiary/aromatic N) is 3. The van der Waals surface area contributed by atoms with Crippen LogP contribution in [0.15, 0.2) is 82.9 Å². The summed E-state index contributed by atoms with van der Waals surface area (Å²) in [5.41, 5.74) is 3.44. The van der Waals surface area contributed by atoms with E-state index in [0.29, 0.717) is 28.0 Å². The predicted molar refractivity (Wildman–Crippen MR) is 150 cm³/mol. The normalized spacial score (nSPS) is 18.7. The van der Waals surface area contributed by atoms with Crippen molar-refractivity contribution in [3.05, 3.63) is 88.9 Å². The van der Waals surface area contributed by atoms with Crippen LogP contribution in [0.1, 0.15) is 30.0 Å². The zero-order chi connectivity index (χ0) is 26.6. The first-order valence-corrected chi connectivity index (χ1v) is 13.2. The van der Waals surface area contributed by atoms with E-state index in [-0.39, 0.29) is 24.3 Å². The van der Waals surface area contributed by atoms with Gasteiger partial charge < -0.3 is 14.8 Å². The zero-order valence-electron chi connectivity index (χ0n) is 20.8. The lowest BCUT2D eigenvalue weighted by atomic mass is 9.98. The van der Waals surface area contributed by atoms with E-state index in [1.165, 1.54) is 11.8 Å². The number of carbonyl (C=O) groups excluding carboxylic acids is 2. The summed E-state index contributed by atoms with van der Waals surface area (Å²) in [5, 5.41) is 9.97. The SMILES string of the molecule is COc1ccc(NC(=O)CC2SC(N3N=C(c4ccc(Cl)cc4)CC3c3ccc(OC)cc3)=NC2=O)cc1. The molecule has 0 aliphatic carbocycles. The molecule has 194 valence electrons. The van der Waals surface area contributed by atoms with Crippen LogP contribution >= 0.6 is 23.4 Å². The van der Waals surface area contributed by atoms with Gasteiger partial charge in [-0.05, 0) is 59.7 Å². The maximum atomic E-state index is 12.8. The fourth-order valence-corrected chi connectivity index (χ4v) is 5.44. The first-order chi connectivity index (χ1) is 18.4. The fraction of sp³-hybridized carbons (Fsp3) is 0.214. The number of anilines is 1. The molecule has 2 unspecified atom stereocenters. The number of carbonyl (C=O) groups is 2. The third kappa shape index (κ3) is 5.69. The minimum Gasteiger partial charge on any atom is -0.497 e. The van der Waals surface area contributed by atoms with Crippen LogP contribution in [0, 0.1) is 0 Å². The van der Waals surface area contributed by atoms with Crippen molar-refractivity contribution < 1.29 is 19.1 Å². The highest BCUT2D eigenvalue weighted by molar-refractivity contribution is 8.15. The Hall–Kier alpha value is -3.82. The standard InChI is InChI=1S/C28H25ClN4O4S/c1-36-21-11-5-18(6-12-21)24-15-23(17-3-7-19(29)8-4-17)32-33(24)28-31-27(35)25(38-28)16-26(34)30-20-9-13-22(37-2)14-10-20/h3-14,24-25H,15-16H2,1-2H3,(H,30,34). The van der Waals surface area contributed by atoms with E-state index in [1.807, 2.05) is 48.5 Å². The molecule has 0 aromatic heterocycles. The summed E-state index contributed by atoms with van der Waals surface area (Å²) in [6.07, 6.45) is 0.613. The van der Waals surface area contributed by atoms with E-state index in [9.17, 15) is 9.59 Å². The van der Waals surface area contributed by atoms with Crippen LogP contribution in [0.4, 0.5) is 5.69 Å². The number of methoxy groups -OCH3 is 2. The molecule has 3 aromatic rings.